The third-order valence-electron chi connectivity index (χ3n) is 3.93. The average molecular weight is 373 g/mol. The molecule has 0 saturated carbocycles. The zero-order valence-electron chi connectivity index (χ0n) is 14.1. The smallest absolute Gasteiger partial charge is 0.338 e. The molecule has 0 radical (unpaired) electrons. The van der Waals surface area contributed by atoms with Crippen LogP contribution in [0.5, 0.6) is 0 Å². The van der Waals surface area contributed by atoms with E-state index in [1.165, 1.54) is 6.92 Å². The van der Waals surface area contributed by atoms with Crippen molar-refractivity contribution in [2.45, 2.75) is 13.0 Å². The van der Waals surface area contributed by atoms with Crippen molar-refractivity contribution in [2.75, 3.05) is 5.32 Å². The maximum Gasteiger partial charge on any atom is 0.338 e. The zero-order chi connectivity index (χ0) is 19.6. The van der Waals surface area contributed by atoms with Gasteiger partial charge in [-0.1, -0.05) is 30.3 Å². The highest BCUT2D eigenvalue weighted by molar-refractivity contribution is 5.99. The number of ether oxygens (including phenoxy) is 1. The molecule has 0 aromatic heterocycles. The second-order valence-electron chi connectivity index (χ2n) is 5.82. The van der Waals surface area contributed by atoms with Gasteiger partial charge in [0.2, 0.25) is 0 Å². The molecule has 4 nitrogen and oxygen atoms in total. The fourth-order valence-corrected chi connectivity index (χ4v) is 2.46. The summed E-state index contributed by atoms with van der Waals surface area (Å²) >= 11 is 0. The lowest BCUT2D eigenvalue weighted by Gasteiger charge is -2.14. The van der Waals surface area contributed by atoms with Gasteiger partial charge in [-0.25, -0.2) is 18.0 Å². The summed E-state index contributed by atoms with van der Waals surface area (Å²) in [5.41, 5.74) is -0.306. The van der Waals surface area contributed by atoms with Crippen LogP contribution in [0.1, 0.15) is 17.3 Å². The maximum atomic E-state index is 13.6. The molecule has 3 aromatic carbocycles. The molecule has 0 bridgehead atoms. The predicted molar refractivity (Wildman–Crippen MR) is 93.8 cm³/mol. The number of hydrogen-bond donors (Lipinski definition) is 1. The van der Waals surface area contributed by atoms with Crippen molar-refractivity contribution in [3.05, 3.63) is 77.6 Å². The molecule has 1 N–H and O–H groups in total. The number of rotatable bonds is 4. The summed E-state index contributed by atoms with van der Waals surface area (Å²) in [7, 11) is 0. The molecule has 0 saturated heterocycles. The minimum atomic E-state index is -1.70. The minimum Gasteiger partial charge on any atom is -0.449 e. The average Bonchev–Trinajstić information content (AvgIpc) is 2.67. The summed E-state index contributed by atoms with van der Waals surface area (Å²) in [6.45, 7) is 1.28. The lowest BCUT2D eigenvalue weighted by Crippen LogP contribution is -2.30. The van der Waals surface area contributed by atoms with Crippen LogP contribution in [0.25, 0.3) is 10.8 Å². The molecule has 0 aliphatic rings. The van der Waals surface area contributed by atoms with Crippen LogP contribution in [0.2, 0.25) is 0 Å². The molecule has 0 aliphatic carbocycles. The van der Waals surface area contributed by atoms with E-state index in [1.54, 1.807) is 18.2 Å². The third-order valence-corrected chi connectivity index (χ3v) is 3.93. The Morgan fingerprint density at radius 2 is 1.63 bits per heavy atom. The molecule has 1 amide bonds. The zero-order valence-corrected chi connectivity index (χ0v) is 14.1. The van der Waals surface area contributed by atoms with Crippen molar-refractivity contribution < 1.29 is 27.5 Å². The van der Waals surface area contributed by atoms with Gasteiger partial charge in [0.15, 0.2) is 23.6 Å². The van der Waals surface area contributed by atoms with E-state index in [0.29, 0.717) is 6.07 Å². The standard InChI is InChI=1S/C20H14F3NO3/c1-11(19(25)24-16-9-8-15(21)17(22)18(16)23)27-20(26)14-7-6-12-4-2-3-5-13(12)10-14/h2-11H,1H3,(H,24,25). The van der Waals surface area contributed by atoms with Crippen LogP contribution in [0.4, 0.5) is 18.9 Å². The van der Waals surface area contributed by atoms with E-state index >= 15 is 0 Å². The number of benzene rings is 3. The number of anilines is 1. The number of esters is 1. The van der Waals surface area contributed by atoms with Gasteiger partial charge in [-0.15, -0.1) is 0 Å². The molecule has 3 rings (SSSR count). The van der Waals surface area contributed by atoms with Crippen LogP contribution in [0, 0.1) is 17.5 Å². The highest BCUT2D eigenvalue weighted by Gasteiger charge is 2.22. The van der Waals surface area contributed by atoms with Gasteiger partial charge in [0.1, 0.15) is 0 Å². The van der Waals surface area contributed by atoms with E-state index in [4.69, 9.17) is 4.74 Å². The molecular weight excluding hydrogens is 359 g/mol. The molecule has 0 heterocycles. The van der Waals surface area contributed by atoms with E-state index in [1.807, 2.05) is 24.3 Å². The Morgan fingerprint density at radius 1 is 0.926 bits per heavy atom. The second-order valence-corrected chi connectivity index (χ2v) is 5.82. The number of hydrogen-bond acceptors (Lipinski definition) is 3. The fourth-order valence-electron chi connectivity index (χ4n) is 2.46. The summed E-state index contributed by atoms with van der Waals surface area (Å²) in [5, 5.41) is 3.83. The Bertz CT molecular complexity index is 1040. The van der Waals surface area contributed by atoms with Crippen molar-refractivity contribution in [3.8, 4) is 0 Å². The lowest BCUT2D eigenvalue weighted by molar-refractivity contribution is -0.123. The Hall–Kier alpha value is -3.35. The summed E-state index contributed by atoms with van der Waals surface area (Å²) in [5.74, 6) is -6.23. The Labute approximate surface area is 152 Å². The van der Waals surface area contributed by atoms with Gasteiger partial charge < -0.3 is 10.1 Å². The topological polar surface area (TPSA) is 55.4 Å². The fraction of sp³-hybridized carbons (Fsp3) is 0.100. The number of amides is 1. The maximum absolute atomic E-state index is 13.6. The van der Waals surface area contributed by atoms with Gasteiger partial charge in [-0.2, -0.15) is 0 Å². The van der Waals surface area contributed by atoms with Crippen molar-refractivity contribution >= 4 is 28.3 Å². The lowest BCUT2D eigenvalue weighted by atomic mass is 10.1. The van der Waals surface area contributed by atoms with Crippen molar-refractivity contribution in [1.29, 1.82) is 0 Å². The summed E-state index contributed by atoms with van der Waals surface area (Å²) in [6.07, 6.45) is -1.28. The predicted octanol–water partition coefficient (Wildman–Crippen LogP) is 4.44. The van der Waals surface area contributed by atoms with Crippen molar-refractivity contribution in [1.82, 2.24) is 0 Å². The molecule has 3 aromatic rings. The van der Waals surface area contributed by atoms with Gasteiger partial charge in [0, 0.05) is 0 Å². The van der Waals surface area contributed by atoms with Gasteiger partial charge in [0.25, 0.3) is 5.91 Å². The van der Waals surface area contributed by atoms with Crippen LogP contribution in [-0.4, -0.2) is 18.0 Å². The normalized spacial score (nSPS) is 11.9. The largest absolute Gasteiger partial charge is 0.449 e. The van der Waals surface area contributed by atoms with Gasteiger partial charge >= 0.3 is 5.97 Å². The molecule has 27 heavy (non-hydrogen) atoms. The minimum absolute atomic E-state index is 0.243. The van der Waals surface area contributed by atoms with Crippen LogP contribution in [0.3, 0.4) is 0 Å². The van der Waals surface area contributed by atoms with Crippen LogP contribution >= 0.6 is 0 Å². The van der Waals surface area contributed by atoms with Gasteiger partial charge in [0.05, 0.1) is 11.3 Å². The highest BCUT2D eigenvalue weighted by Crippen LogP contribution is 2.20. The quantitative estimate of drug-likeness (QED) is 0.543. The van der Waals surface area contributed by atoms with Crippen molar-refractivity contribution in [2.24, 2.45) is 0 Å². The molecule has 7 heteroatoms. The molecule has 0 spiro atoms. The molecule has 1 atom stereocenters. The van der Waals surface area contributed by atoms with E-state index in [0.717, 1.165) is 16.8 Å². The molecule has 0 fully saturated rings. The Kier molecular flexibility index (Phi) is 5.12. The first kappa shape index (κ1) is 18.4. The monoisotopic (exact) mass is 373 g/mol. The molecule has 0 aliphatic heterocycles. The van der Waals surface area contributed by atoms with Gasteiger partial charge in [-0.05, 0) is 42.0 Å². The van der Waals surface area contributed by atoms with E-state index in [2.05, 4.69) is 5.32 Å². The number of fused-ring (bicyclic) bond motifs is 1. The van der Waals surface area contributed by atoms with Gasteiger partial charge in [-0.3, -0.25) is 4.79 Å². The van der Waals surface area contributed by atoms with Crippen LogP contribution in [0.15, 0.2) is 54.6 Å². The van der Waals surface area contributed by atoms with E-state index in [9.17, 15) is 22.8 Å². The van der Waals surface area contributed by atoms with E-state index in [-0.39, 0.29) is 5.56 Å². The number of halogens is 3. The first-order valence-corrected chi connectivity index (χ1v) is 8.01. The summed E-state index contributed by atoms with van der Waals surface area (Å²) < 4.78 is 44.8. The summed E-state index contributed by atoms with van der Waals surface area (Å²) in [4.78, 5) is 24.3. The first-order valence-electron chi connectivity index (χ1n) is 8.01. The Morgan fingerprint density at radius 3 is 2.37 bits per heavy atom. The highest BCUT2D eigenvalue weighted by atomic mass is 19.2. The van der Waals surface area contributed by atoms with Crippen LogP contribution < -0.4 is 5.32 Å². The third kappa shape index (κ3) is 3.92. The first-order chi connectivity index (χ1) is 12.9. The van der Waals surface area contributed by atoms with Crippen molar-refractivity contribution in [3.63, 3.8) is 0 Å². The number of nitrogens with one attached hydrogen (secondary N) is 1. The number of carbonyl (C=O) groups is 2. The molecule has 1 unspecified atom stereocenters. The summed E-state index contributed by atoms with van der Waals surface area (Å²) in [6, 6.07) is 13.9. The Balaban J connectivity index is 1.70. The molecule has 138 valence electrons. The molecular formula is C20H14F3NO3. The van der Waals surface area contributed by atoms with Crippen LogP contribution in [-0.2, 0) is 9.53 Å². The van der Waals surface area contributed by atoms with E-state index < -0.39 is 41.1 Å². The second kappa shape index (κ2) is 7.49. The SMILES string of the molecule is CC(OC(=O)c1ccc2ccccc2c1)C(=O)Nc1ccc(F)c(F)c1F. The number of carbonyl (C=O) groups excluding carboxylic acids is 2.